The van der Waals surface area contributed by atoms with Crippen LogP contribution in [0.15, 0.2) is 12.1 Å². The molecule has 0 saturated heterocycles. The molecule has 0 bridgehead atoms. The Morgan fingerprint density at radius 2 is 1.84 bits per heavy atom. The lowest BCUT2D eigenvalue weighted by Gasteiger charge is -2.19. The molecule has 2 rings (SSSR count). The van der Waals surface area contributed by atoms with Crippen LogP contribution in [0.2, 0.25) is 15.1 Å². The van der Waals surface area contributed by atoms with Crippen molar-refractivity contribution in [2.45, 2.75) is 25.9 Å². The molecular weight excluding hydrogens is 309 g/mol. The maximum absolute atomic E-state index is 6.20. The van der Waals surface area contributed by atoms with E-state index < -0.39 is 0 Å². The van der Waals surface area contributed by atoms with Crippen molar-refractivity contribution in [2.24, 2.45) is 0 Å². The van der Waals surface area contributed by atoms with Gasteiger partial charge in [0.25, 0.3) is 0 Å². The van der Waals surface area contributed by atoms with E-state index in [1.54, 1.807) is 6.07 Å². The SMILES string of the molecule is CC(NC(C)c1ccc(Cl)c(Cl)c1Cl)c1nn[nH]n1. The number of hydrogen-bond donors (Lipinski definition) is 2. The minimum Gasteiger partial charge on any atom is -0.301 e. The summed E-state index contributed by atoms with van der Waals surface area (Å²) in [7, 11) is 0. The van der Waals surface area contributed by atoms with Crippen LogP contribution in [0.3, 0.4) is 0 Å². The van der Waals surface area contributed by atoms with E-state index in [1.807, 2.05) is 19.9 Å². The average Bonchev–Trinajstić information content (AvgIpc) is 2.89. The first-order valence-electron chi connectivity index (χ1n) is 5.63. The van der Waals surface area contributed by atoms with Gasteiger partial charge >= 0.3 is 0 Å². The van der Waals surface area contributed by atoms with Crippen LogP contribution in [0, 0.1) is 0 Å². The van der Waals surface area contributed by atoms with Crippen molar-refractivity contribution in [1.82, 2.24) is 25.9 Å². The molecule has 2 unspecified atom stereocenters. The van der Waals surface area contributed by atoms with E-state index in [-0.39, 0.29) is 12.1 Å². The number of benzene rings is 1. The lowest BCUT2D eigenvalue weighted by molar-refractivity contribution is 0.477. The second kappa shape index (κ2) is 6.05. The van der Waals surface area contributed by atoms with E-state index in [2.05, 4.69) is 25.9 Å². The van der Waals surface area contributed by atoms with E-state index in [1.165, 1.54) is 0 Å². The van der Waals surface area contributed by atoms with Crippen LogP contribution in [0.4, 0.5) is 0 Å². The summed E-state index contributed by atoms with van der Waals surface area (Å²) in [6.07, 6.45) is 0. The molecule has 102 valence electrons. The van der Waals surface area contributed by atoms with Crippen LogP contribution in [0.5, 0.6) is 0 Å². The first-order chi connectivity index (χ1) is 9.00. The van der Waals surface area contributed by atoms with Crippen molar-refractivity contribution in [3.8, 4) is 0 Å². The van der Waals surface area contributed by atoms with Crippen molar-refractivity contribution in [2.75, 3.05) is 0 Å². The number of nitrogens with zero attached hydrogens (tertiary/aromatic N) is 3. The lowest BCUT2D eigenvalue weighted by Crippen LogP contribution is -2.23. The fourth-order valence-electron chi connectivity index (χ4n) is 1.77. The number of H-pyrrole nitrogens is 1. The Morgan fingerprint density at radius 3 is 2.47 bits per heavy atom. The molecule has 5 nitrogen and oxygen atoms in total. The second-order valence-corrected chi connectivity index (χ2v) is 5.31. The molecule has 0 aliphatic heterocycles. The molecule has 0 radical (unpaired) electrons. The molecule has 2 N–H and O–H groups in total. The van der Waals surface area contributed by atoms with Gasteiger partial charge in [0.15, 0.2) is 5.82 Å². The summed E-state index contributed by atoms with van der Waals surface area (Å²) < 4.78 is 0. The Kier molecular flexibility index (Phi) is 4.62. The third-order valence-electron chi connectivity index (χ3n) is 2.78. The molecule has 2 atom stereocenters. The lowest BCUT2D eigenvalue weighted by atomic mass is 10.1. The summed E-state index contributed by atoms with van der Waals surface area (Å²) in [5, 5.41) is 18.4. The zero-order chi connectivity index (χ0) is 14.0. The molecule has 19 heavy (non-hydrogen) atoms. The summed E-state index contributed by atoms with van der Waals surface area (Å²) in [5.41, 5.74) is 0.867. The van der Waals surface area contributed by atoms with Gasteiger partial charge in [0, 0.05) is 6.04 Å². The molecular formula is C11H12Cl3N5. The summed E-state index contributed by atoms with van der Waals surface area (Å²) >= 11 is 18.1. The van der Waals surface area contributed by atoms with Crippen molar-refractivity contribution >= 4 is 34.8 Å². The van der Waals surface area contributed by atoms with Gasteiger partial charge in [-0.15, -0.1) is 10.2 Å². The summed E-state index contributed by atoms with van der Waals surface area (Å²) in [4.78, 5) is 0. The van der Waals surface area contributed by atoms with Gasteiger partial charge < -0.3 is 5.32 Å². The first kappa shape index (κ1) is 14.5. The molecule has 1 aromatic carbocycles. The normalized spacial score (nSPS) is 14.4. The topological polar surface area (TPSA) is 66.5 Å². The van der Waals surface area contributed by atoms with Crippen LogP contribution in [0.1, 0.15) is 37.3 Å². The molecule has 0 saturated carbocycles. The molecule has 0 fully saturated rings. The molecule has 1 heterocycles. The Hall–Kier alpha value is -0.880. The van der Waals surface area contributed by atoms with E-state index >= 15 is 0 Å². The van der Waals surface area contributed by atoms with Crippen LogP contribution in [0.25, 0.3) is 0 Å². The maximum atomic E-state index is 6.20. The van der Waals surface area contributed by atoms with Gasteiger partial charge in [-0.2, -0.15) is 5.21 Å². The highest BCUT2D eigenvalue weighted by Gasteiger charge is 2.18. The smallest absolute Gasteiger partial charge is 0.191 e. The molecule has 1 aromatic heterocycles. The highest BCUT2D eigenvalue weighted by Crippen LogP contribution is 2.35. The first-order valence-corrected chi connectivity index (χ1v) is 6.77. The number of nitrogens with one attached hydrogen (secondary N) is 2. The molecule has 2 aromatic rings. The van der Waals surface area contributed by atoms with Gasteiger partial charge in [-0.3, -0.25) is 0 Å². The average molecular weight is 321 g/mol. The van der Waals surface area contributed by atoms with Gasteiger partial charge in [-0.1, -0.05) is 46.1 Å². The molecule has 0 amide bonds. The number of aromatic amines is 1. The summed E-state index contributed by atoms with van der Waals surface area (Å²) in [6, 6.07) is 3.47. The van der Waals surface area contributed by atoms with Crippen molar-refractivity contribution in [3.05, 3.63) is 38.6 Å². The second-order valence-electron chi connectivity index (χ2n) is 4.14. The van der Waals surface area contributed by atoms with Gasteiger partial charge in [0.1, 0.15) is 0 Å². The zero-order valence-electron chi connectivity index (χ0n) is 10.3. The Morgan fingerprint density at radius 1 is 1.11 bits per heavy atom. The third-order valence-corrected chi connectivity index (χ3v) is 4.09. The monoisotopic (exact) mass is 319 g/mol. The number of tetrazole rings is 1. The minimum absolute atomic E-state index is 0.0317. The minimum atomic E-state index is -0.0701. The Balaban J connectivity index is 2.16. The third kappa shape index (κ3) is 3.17. The van der Waals surface area contributed by atoms with Crippen LogP contribution >= 0.6 is 34.8 Å². The predicted octanol–water partition coefficient (Wildman–Crippen LogP) is 3.57. The number of rotatable bonds is 4. The van der Waals surface area contributed by atoms with Gasteiger partial charge in [0.2, 0.25) is 0 Å². The highest BCUT2D eigenvalue weighted by atomic mass is 35.5. The van der Waals surface area contributed by atoms with Crippen molar-refractivity contribution in [3.63, 3.8) is 0 Å². The highest BCUT2D eigenvalue weighted by molar-refractivity contribution is 6.48. The standard InChI is InChI=1S/C11H12Cl3N5/c1-5(15-6(2)11-16-18-19-17-11)7-3-4-8(12)10(14)9(7)13/h3-6,15H,1-2H3,(H,16,17,18,19). The van der Waals surface area contributed by atoms with Gasteiger partial charge in [-0.05, 0) is 25.5 Å². The van der Waals surface area contributed by atoms with Crippen LogP contribution in [-0.2, 0) is 0 Å². The van der Waals surface area contributed by atoms with Crippen molar-refractivity contribution < 1.29 is 0 Å². The zero-order valence-corrected chi connectivity index (χ0v) is 12.6. The quantitative estimate of drug-likeness (QED) is 0.845. The molecule has 8 heteroatoms. The van der Waals surface area contributed by atoms with Crippen LogP contribution in [-0.4, -0.2) is 20.6 Å². The number of aromatic nitrogens is 4. The van der Waals surface area contributed by atoms with Gasteiger partial charge in [-0.25, -0.2) is 0 Å². The molecule has 0 spiro atoms. The maximum Gasteiger partial charge on any atom is 0.191 e. The number of halogens is 3. The van der Waals surface area contributed by atoms with E-state index in [4.69, 9.17) is 34.8 Å². The van der Waals surface area contributed by atoms with Crippen LogP contribution < -0.4 is 5.32 Å². The largest absolute Gasteiger partial charge is 0.301 e. The number of hydrogen-bond acceptors (Lipinski definition) is 4. The van der Waals surface area contributed by atoms with E-state index in [0.29, 0.717) is 20.9 Å². The fraction of sp³-hybridized carbons (Fsp3) is 0.364. The molecule has 0 aliphatic rings. The predicted molar refractivity (Wildman–Crippen MR) is 75.6 cm³/mol. The summed E-state index contributed by atoms with van der Waals surface area (Å²) in [6.45, 7) is 3.91. The van der Waals surface area contributed by atoms with E-state index in [0.717, 1.165) is 5.56 Å². The van der Waals surface area contributed by atoms with E-state index in [9.17, 15) is 0 Å². The Bertz CT molecular complexity index is 558. The van der Waals surface area contributed by atoms with Gasteiger partial charge in [0.05, 0.1) is 21.1 Å². The molecule has 0 aliphatic carbocycles. The Labute approximate surface area is 125 Å². The summed E-state index contributed by atoms with van der Waals surface area (Å²) in [5.74, 6) is 0.586. The van der Waals surface area contributed by atoms with Crippen molar-refractivity contribution in [1.29, 1.82) is 0 Å². The fourth-order valence-corrected chi connectivity index (χ4v) is 2.47.